The number of carbonyl (C=O) groups is 1. The second-order valence-electron chi connectivity index (χ2n) is 4.39. The van der Waals surface area contributed by atoms with Gasteiger partial charge in [-0.05, 0) is 24.7 Å². The number of hydrogen-bond donors (Lipinski definition) is 1. The number of nitrogens with zero attached hydrogens (tertiary/aromatic N) is 2. The van der Waals surface area contributed by atoms with Crippen LogP contribution in [0.2, 0.25) is 0 Å². The molecule has 0 atom stereocenters. The lowest BCUT2D eigenvalue weighted by Crippen LogP contribution is -2.46. The van der Waals surface area contributed by atoms with E-state index in [-0.39, 0.29) is 5.56 Å². The minimum absolute atomic E-state index is 0.0416. The average Bonchev–Trinajstić information content (AvgIpc) is 2.39. The van der Waals surface area contributed by atoms with Gasteiger partial charge in [-0.3, -0.25) is 0 Å². The van der Waals surface area contributed by atoms with Gasteiger partial charge in [0.1, 0.15) is 5.82 Å². The van der Waals surface area contributed by atoms with Gasteiger partial charge in [0.2, 0.25) is 0 Å². The van der Waals surface area contributed by atoms with Crippen molar-refractivity contribution in [3.8, 4) is 0 Å². The molecule has 1 aliphatic heterocycles. The average molecular weight is 252 g/mol. The molecule has 1 heterocycles. The van der Waals surface area contributed by atoms with E-state index in [2.05, 4.69) is 11.8 Å². The van der Waals surface area contributed by atoms with Crippen LogP contribution >= 0.6 is 0 Å². The monoisotopic (exact) mass is 252 g/mol. The Bertz CT molecular complexity index is 443. The summed E-state index contributed by atoms with van der Waals surface area (Å²) in [5.41, 5.74) is 0.652. The summed E-state index contributed by atoms with van der Waals surface area (Å²) < 4.78 is 13.1. The summed E-state index contributed by atoms with van der Waals surface area (Å²) in [6, 6.07) is 3.96. The van der Waals surface area contributed by atoms with Crippen molar-refractivity contribution >= 4 is 11.7 Å². The van der Waals surface area contributed by atoms with Crippen molar-refractivity contribution in [2.24, 2.45) is 0 Å². The number of hydrogen-bond acceptors (Lipinski definition) is 3. The van der Waals surface area contributed by atoms with Crippen LogP contribution in [0, 0.1) is 5.82 Å². The van der Waals surface area contributed by atoms with E-state index < -0.39 is 11.8 Å². The molecule has 0 aliphatic carbocycles. The Balaban J connectivity index is 2.21. The van der Waals surface area contributed by atoms with Crippen molar-refractivity contribution in [2.75, 3.05) is 37.6 Å². The zero-order chi connectivity index (χ0) is 13.1. The van der Waals surface area contributed by atoms with Crippen molar-refractivity contribution in [2.45, 2.75) is 6.92 Å². The molecule has 0 bridgehead atoms. The molecular weight excluding hydrogens is 235 g/mol. The molecule has 18 heavy (non-hydrogen) atoms. The Labute approximate surface area is 106 Å². The lowest BCUT2D eigenvalue weighted by Gasteiger charge is -2.36. The first-order chi connectivity index (χ1) is 8.61. The number of benzene rings is 1. The standard InChI is InChI=1S/C13H17FN2O2/c1-2-15-5-7-16(8-6-15)12-4-3-10(14)9-11(12)13(17)18/h3-4,9H,2,5-8H2,1H3,(H,17,18). The fourth-order valence-electron chi connectivity index (χ4n) is 2.26. The minimum atomic E-state index is -1.08. The fourth-order valence-corrected chi connectivity index (χ4v) is 2.26. The third-order valence-corrected chi connectivity index (χ3v) is 3.35. The zero-order valence-electron chi connectivity index (χ0n) is 10.4. The van der Waals surface area contributed by atoms with E-state index in [1.54, 1.807) is 6.07 Å². The van der Waals surface area contributed by atoms with Gasteiger partial charge in [0.05, 0.1) is 11.3 Å². The number of aromatic carboxylic acids is 1. The summed E-state index contributed by atoms with van der Waals surface area (Å²) >= 11 is 0. The first-order valence-corrected chi connectivity index (χ1v) is 6.12. The lowest BCUT2D eigenvalue weighted by atomic mass is 10.1. The number of piperazine rings is 1. The molecule has 0 amide bonds. The van der Waals surface area contributed by atoms with Gasteiger partial charge in [0, 0.05) is 26.2 Å². The summed E-state index contributed by atoms with van der Waals surface area (Å²) in [4.78, 5) is 15.4. The number of anilines is 1. The predicted molar refractivity (Wildman–Crippen MR) is 67.7 cm³/mol. The smallest absolute Gasteiger partial charge is 0.337 e. The predicted octanol–water partition coefficient (Wildman–Crippen LogP) is 1.67. The van der Waals surface area contributed by atoms with Crippen molar-refractivity contribution in [3.05, 3.63) is 29.6 Å². The number of rotatable bonds is 3. The Morgan fingerprint density at radius 2 is 2.00 bits per heavy atom. The van der Waals surface area contributed by atoms with Crippen molar-refractivity contribution < 1.29 is 14.3 Å². The Hall–Kier alpha value is -1.62. The molecule has 98 valence electrons. The molecule has 1 aliphatic rings. The molecule has 1 saturated heterocycles. The molecular formula is C13H17FN2O2. The van der Waals surface area contributed by atoms with Gasteiger partial charge >= 0.3 is 5.97 Å². The highest BCUT2D eigenvalue weighted by Crippen LogP contribution is 2.23. The van der Waals surface area contributed by atoms with Gasteiger partial charge in [0.15, 0.2) is 0 Å². The Morgan fingerprint density at radius 3 is 2.56 bits per heavy atom. The molecule has 4 nitrogen and oxygen atoms in total. The molecule has 1 N–H and O–H groups in total. The highest BCUT2D eigenvalue weighted by atomic mass is 19.1. The van der Waals surface area contributed by atoms with Gasteiger partial charge in [-0.2, -0.15) is 0 Å². The number of likely N-dealkylation sites (N-methyl/N-ethyl adjacent to an activating group) is 1. The second-order valence-corrected chi connectivity index (χ2v) is 4.39. The van der Waals surface area contributed by atoms with E-state index in [0.717, 1.165) is 38.8 Å². The van der Waals surface area contributed by atoms with Gasteiger partial charge < -0.3 is 14.9 Å². The third-order valence-electron chi connectivity index (χ3n) is 3.35. The van der Waals surface area contributed by atoms with Crippen LogP contribution in [0.15, 0.2) is 18.2 Å². The number of carboxylic acid groups (broad SMARTS) is 1. The molecule has 1 fully saturated rings. The summed E-state index contributed by atoms with van der Waals surface area (Å²) in [5.74, 6) is -1.59. The Kier molecular flexibility index (Phi) is 3.81. The third kappa shape index (κ3) is 2.61. The van der Waals surface area contributed by atoms with Crippen molar-refractivity contribution in [1.29, 1.82) is 0 Å². The van der Waals surface area contributed by atoms with Crippen LogP contribution in [0.3, 0.4) is 0 Å². The Morgan fingerprint density at radius 1 is 1.33 bits per heavy atom. The normalized spacial score (nSPS) is 16.9. The lowest BCUT2D eigenvalue weighted by molar-refractivity contribution is 0.0697. The van der Waals surface area contributed by atoms with Crippen LogP contribution in [0.1, 0.15) is 17.3 Å². The summed E-state index contributed by atoms with van der Waals surface area (Å²) in [5, 5.41) is 9.12. The SMILES string of the molecule is CCN1CCN(c2ccc(F)cc2C(=O)O)CC1. The van der Waals surface area contributed by atoms with E-state index in [0.29, 0.717) is 5.69 Å². The maximum atomic E-state index is 13.1. The summed E-state index contributed by atoms with van der Waals surface area (Å²) in [7, 11) is 0. The first-order valence-electron chi connectivity index (χ1n) is 6.12. The highest BCUT2D eigenvalue weighted by molar-refractivity contribution is 5.94. The fraction of sp³-hybridized carbons (Fsp3) is 0.462. The van der Waals surface area contributed by atoms with E-state index in [1.165, 1.54) is 6.07 Å². The summed E-state index contributed by atoms with van der Waals surface area (Å²) in [6.45, 7) is 6.48. The van der Waals surface area contributed by atoms with Crippen molar-refractivity contribution in [1.82, 2.24) is 4.90 Å². The molecule has 0 spiro atoms. The van der Waals surface area contributed by atoms with Gasteiger partial charge in [-0.1, -0.05) is 6.92 Å². The van der Waals surface area contributed by atoms with E-state index in [9.17, 15) is 9.18 Å². The maximum absolute atomic E-state index is 13.1. The van der Waals surface area contributed by atoms with Crippen LogP contribution in [-0.2, 0) is 0 Å². The van der Waals surface area contributed by atoms with Crippen LogP contribution in [0.25, 0.3) is 0 Å². The molecule has 1 aromatic rings. The largest absolute Gasteiger partial charge is 0.478 e. The maximum Gasteiger partial charge on any atom is 0.337 e. The molecule has 0 unspecified atom stereocenters. The minimum Gasteiger partial charge on any atom is -0.478 e. The molecule has 0 saturated carbocycles. The summed E-state index contributed by atoms with van der Waals surface area (Å²) in [6.07, 6.45) is 0. The van der Waals surface area contributed by atoms with E-state index in [4.69, 9.17) is 5.11 Å². The quantitative estimate of drug-likeness (QED) is 0.888. The van der Waals surface area contributed by atoms with E-state index >= 15 is 0 Å². The molecule has 0 aromatic heterocycles. The molecule has 1 aromatic carbocycles. The second kappa shape index (κ2) is 5.35. The molecule has 0 radical (unpaired) electrons. The number of halogens is 1. The van der Waals surface area contributed by atoms with Crippen LogP contribution in [-0.4, -0.2) is 48.7 Å². The van der Waals surface area contributed by atoms with E-state index in [1.807, 2.05) is 4.90 Å². The molecule has 5 heteroatoms. The topological polar surface area (TPSA) is 43.8 Å². The first kappa shape index (κ1) is 12.8. The van der Waals surface area contributed by atoms with Gasteiger partial charge in [-0.15, -0.1) is 0 Å². The van der Waals surface area contributed by atoms with Crippen LogP contribution < -0.4 is 4.90 Å². The zero-order valence-corrected chi connectivity index (χ0v) is 10.4. The van der Waals surface area contributed by atoms with Gasteiger partial charge in [-0.25, -0.2) is 9.18 Å². The molecule has 2 rings (SSSR count). The highest BCUT2D eigenvalue weighted by Gasteiger charge is 2.21. The number of carboxylic acids is 1. The van der Waals surface area contributed by atoms with Gasteiger partial charge in [0.25, 0.3) is 0 Å². The van der Waals surface area contributed by atoms with Crippen LogP contribution in [0.5, 0.6) is 0 Å². The van der Waals surface area contributed by atoms with Crippen LogP contribution in [0.4, 0.5) is 10.1 Å². The van der Waals surface area contributed by atoms with Crippen molar-refractivity contribution in [3.63, 3.8) is 0 Å².